The van der Waals surface area contributed by atoms with Crippen LogP contribution in [0.3, 0.4) is 0 Å². The summed E-state index contributed by atoms with van der Waals surface area (Å²) >= 11 is 4.70. The Morgan fingerprint density at radius 2 is 2.38 bits per heavy atom. The van der Waals surface area contributed by atoms with Crippen molar-refractivity contribution in [2.45, 2.75) is 0 Å². The van der Waals surface area contributed by atoms with Crippen molar-refractivity contribution in [3.05, 3.63) is 36.0 Å². The Hall–Kier alpha value is -2.06. The maximum atomic E-state index is 8.72. The molecule has 0 aliphatic heterocycles. The SMILES string of the molecule is COc1cccc(NC=C(C#N)C(N)=S)c1. The highest BCUT2D eigenvalue weighted by molar-refractivity contribution is 7.80. The van der Waals surface area contributed by atoms with Gasteiger partial charge in [-0.25, -0.2) is 0 Å². The summed E-state index contributed by atoms with van der Waals surface area (Å²) < 4.78 is 5.06. The zero-order chi connectivity index (χ0) is 12.0. The summed E-state index contributed by atoms with van der Waals surface area (Å²) in [5, 5.41) is 11.6. The number of nitrogens with two attached hydrogens (primary N) is 1. The summed E-state index contributed by atoms with van der Waals surface area (Å²) in [5.74, 6) is 0.729. The molecule has 0 aromatic heterocycles. The van der Waals surface area contributed by atoms with E-state index in [9.17, 15) is 0 Å². The third kappa shape index (κ3) is 3.26. The van der Waals surface area contributed by atoms with Gasteiger partial charge in [-0.3, -0.25) is 0 Å². The van der Waals surface area contributed by atoms with Crippen LogP contribution >= 0.6 is 12.2 Å². The molecule has 0 heterocycles. The van der Waals surface area contributed by atoms with Crippen molar-refractivity contribution in [1.82, 2.24) is 0 Å². The van der Waals surface area contributed by atoms with E-state index in [1.165, 1.54) is 6.20 Å². The molecule has 0 saturated heterocycles. The topological polar surface area (TPSA) is 71.1 Å². The molecule has 1 aromatic rings. The van der Waals surface area contributed by atoms with Crippen LogP contribution in [-0.2, 0) is 0 Å². The zero-order valence-corrected chi connectivity index (χ0v) is 9.54. The largest absolute Gasteiger partial charge is 0.497 e. The Kier molecular flexibility index (Phi) is 4.30. The molecule has 1 rings (SSSR count). The summed E-state index contributed by atoms with van der Waals surface area (Å²) in [5.41, 5.74) is 6.37. The smallest absolute Gasteiger partial charge is 0.120 e. The molecule has 0 aliphatic rings. The number of nitriles is 1. The molecule has 82 valence electrons. The molecule has 0 bridgehead atoms. The highest BCUT2D eigenvalue weighted by Gasteiger charge is 1.98. The molecule has 0 radical (unpaired) electrons. The number of nitrogens with one attached hydrogen (secondary N) is 1. The van der Waals surface area contributed by atoms with E-state index in [1.807, 2.05) is 24.3 Å². The fourth-order valence-electron chi connectivity index (χ4n) is 1.03. The first kappa shape index (κ1) is 12.0. The quantitative estimate of drug-likeness (QED) is 0.471. The van der Waals surface area contributed by atoms with Gasteiger partial charge in [-0.1, -0.05) is 18.3 Å². The molecule has 3 N–H and O–H groups in total. The average molecular weight is 233 g/mol. The monoisotopic (exact) mass is 233 g/mol. The minimum absolute atomic E-state index is 0.0675. The van der Waals surface area contributed by atoms with Gasteiger partial charge in [0.25, 0.3) is 0 Å². The van der Waals surface area contributed by atoms with Crippen molar-refractivity contribution in [3.63, 3.8) is 0 Å². The molecule has 0 fully saturated rings. The molecule has 0 saturated carbocycles. The number of methoxy groups -OCH3 is 1. The maximum absolute atomic E-state index is 8.72. The summed E-state index contributed by atoms with van der Waals surface area (Å²) in [6.07, 6.45) is 1.47. The normalized spacial score (nSPS) is 10.4. The van der Waals surface area contributed by atoms with E-state index < -0.39 is 0 Å². The molecule has 0 aliphatic carbocycles. The first-order valence-corrected chi connectivity index (χ1v) is 4.89. The van der Waals surface area contributed by atoms with E-state index in [4.69, 9.17) is 28.0 Å². The highest BCUT2D eigenvalue weighted by Crippen LogP contribution is 2.16. The van der Waals surface area contributed by atoms with Gasteiger partial charge in [-0.2, -0.15) is 5.26 Å². The van der Waals surface area contributed by atoms with Crippen molar-refractivity contribution < 1.29 is 4.74 Å². The first-order chi connectivity index (χ1) is 7.67. The van der Waals surface area contributed by atoms with Gasteiger partial charge in [0.15, 0.2) is 0 Å². The number of hydrogen-bond donors (Lipinski definition) is 2. The minimum atomic E-state index is 0.0675. The molecule has 1 aromatic carbocycles. The van der Waals surface area contributed by atoms with Crippen molar-refractivity contribution in [2.24, 2.45) is 5.73 Å². The number of hydrogen-bond acceptors (Lipinski definition) is 4. The summed E-state index contributed by atoms with van der Waals surface area (Å²) in [6.45, 7) is 0. The summed E-state index contributed by atoms with van der Waals surface area (Å²) in [6, 6.07) is 9.20. The molecule has 0 atom stereocenters. The number of rotatable bonds is 4. The summed E-state index contributed by atoms with van der Waals surface area (Å²) in [4.78, 5) is 0.0675. The lowest BCUT2D eigenvalue weighted by Crippen LogP contribution is -2.11. The van der Waals surface area contributed by atoms with Gasteiger partial charge in [-0.15, -0.1) is 0 Å². The van der Waals surface area contributed by atoms with E-state index in [1.54, 1.807) is 13.2 Å². The van der Waals surface area contributed by atoms with Gasteiger partial charge in [0, 0.05) is 18.0 Å². The highest BCUT2D eigenvalue weighted by atomic mass is 32.1. The Morgan fingerprint density at radius 3 is 2.94 bits per heavy atom. The third-order valence-corrected chi connectivity index (χ3v) is 2.06. The Balaban J connectivity index is 2.81. The number of anilines is 1. The van der Waals surface area contributed by atoms with E-state index in [2.05, 4.69) is 5.32 Å². The predicted octanol–water partition coefficient (Wildman–Crippen LogP) is 1.80. The van der Waals surface area contributed by atoms with Crippen LogP contribution in [0.1, 0.15) is 0 Å². The van der Waals surface area contributed by atoms with Gasteiger partial charge in [0.2, 0.25) is 0 Å². The standard InChI is InChI=1S/C11H11N3OS/c1-15-10-4-2-3-9(5-10)14-7-8(6-12)11(13)16/h2-5,7,14H,1H3,(H2,13,16). The second-order valence-electron chi connectivity index (χ2n) is 2.91. The fraction of sp³-hybridized carbons (Fsp3) is 0.0909. The predicted molar refractivity (Wildman–Crippen MR) is 67.1 cm³/mol. The second kappa shape index (κ2) is 5.73. The first-order valence-electron chi connectivity index (χ1n) is 4.48. The van der Waals surface area contributed by atoms with Gasteiger partial charge in [0.1, 0.15) is 22.4 Å². The second-order valence-corrected chi connectivity index (χ2v) is 3.35. The van der Waals surface area contributed by atoms with Crippen molar-refractivity contribution in [1.29, 1.82) is 5.26 Å². The van der Waals surface area contributed by atoms with Gasteiger partial charge in [0.05, 0.1) is 7.11 Å². The van der Waals surface area contributed by atoms with Crippen molar-refractivity contribution in [2.75, 3.05) is 12.4 Å². The van der Waals surface area contributed by atoms with Crippen LogP contribution in [-0.4, -0.2) is 12.1 Å². The van der Waals surface area contributed by atoms with E-state index in [-0.39, 0.29) is 10.6 Å². The number of nitrogens with zero attached hydrogens (tertiary/aromatic N) is 1. The van der Waals surface area contributed by atoms with Gasteiger partial charge in [-0.05, 0) is 12.1 Å². The van der Waals surface area contributed by atoms with Gasteiger partial charge >= 0.3 is 0 Å². The number of benzene rings is 1. The van der Waals surface area contributed by atoms with Crippen LogP contribution in [0.15, 0.2) is 36.0 Å². The van der Waals surface area contributed by atoms with E-state index in [0.717, 1.165) is 11.4 Å². The van der Waals surface area contributed by atoms with Crippen LogP contribution in [0.5, 0.6) is 5.75 Å². The molecule has 16 heavy (non-hydrogen) atoms. The maximum Gasteiger partial charge on any atom is 0.120 e. The lowest BCUT2D eigenvalue weighted by atomic mass is 10.3. The van der Waals surface area contributed by atoms with E-state index in [0.29, 0.717) is 0 Å². The molecular formula is C11H11N3OS. The Bertz CT molecular complexity index is 463. The number of thiocarbonyl (C=S) groups is 1. The van der Waals surface area contributed by atoms with Crippen LogP contribution < -0.4 is 15.8 Å². The molecule has 5 heteroatoms. The number of ether oxygens (including phenoxy) is 1. The van der Waals surface area contributed by atoms with Gasteiger partial charge < -0.3 is 15.8 Å². The van der Waals surface area contributed by atoms with Crippen molar-refractivity contribution >= 4 is 22.9 Å². The molecule has 0 amide bonds. The minimum Gasteiger partial charge on any atom is -0.497 e. The Labute approximate surface area is 99.3 Å². The molecule has 4 nitrogen and oxygen atoms in total. The Morgan fingerprint density at radius 1 is 1.62 bits per heavy atom. The van der Waals surface area contributed by atoms with Crippen molar-refractivity contribution in [3.8, 4) is 11.8 Å². The molecule has 0 unspecified atom stereocenters. The lowest BCUT2D eigenvalue weighted by Gasteiger charge is -2.04. The zero-order valence-electron chi connectivity index (χ0n) is 8.73. The molecule has 0 spiro atoms. The van der Waals surface area contributed by atoms with Crippen LogP contribution in [0.2, 0.25) is 0 Å². The third-order valence-electron chi connectivity index (χ3n) is 1.84. The fourth-order valence-corrected chi connectivity index (χ4v) is 1.13. The molecular weight excluding hydrogens is 222 g/mol. The van der Waals surface area contributed by atoms with E-state index >= 15 is 0 Å². The van der Waals surface area contributed by atoms with Crippen LogP contribution in [0.25, 0.3) is 0 Å². The lowest BCUT2D eigenvalue weighted by molar-refractivity contribution is 0.415. The van der Waals surface area contributed by atoms with Crippen LogP contribution in [0.4, 0.5) is 5.69 Å². The average Bonchev–Trinajstić information content (AvgIpc) is 2.29. The summed E-state index contributed by atoms with van der Waals surface area (Å²) in [7, 11) is 1.59. The van der Waals surface area contributed by atoms with Crippen LogP contribution in [0, 0.1) is 11.3 Å².